The first kappa shape index (κ1) is 31.5. The monoisotopic (exact) mass is 645 g/mol. The van der Waals surface area contributed by atoms with E-state index in [2.05, 4.69) is 34.3 Å². The Hall–Kier alpha value is -4.46. The molecule has 1 aliphatic rings. The van der Waals surface area contributed by atoms with Crippen molar-refractivity contribution in [2.45, 2.75) is 65.1 Å². The highest BCUT2D eigenvalue weighted by atomic mass is 32.2. The van der Waals surface area contributed by atoms with Gasteiger partial charge in [0, 0.05) is 49.0 Å². The van der Waals surface area contributed by atoms with E-state index in [1.165, 1.54) is 0 Å². The van der Waals surface area contributed by atoms with Crippen molar-refractivity contribution >= 4 is 38.5 Å². The van der Waals surface area contributed by atoms with Crippen LogP contribution in [0.2, 0.25) is 0 Å². The summed E-state index contributed by atoms with van der Waals surface area (Å²) in [4.78, 5) is 17.1. The molecule has 5 aromatic rings. The van der Waals surface area contributed by atoms with Crippen molar-refractivity contribution in [3.8, 4) is 5.95 Å². The number of aromatic nitrogens is 4. The molecule has 6 rings (SSSR count). The van der Waals surface area contributed by atoms with E-state index in [4.69, 9.17) is 19.6 Å². The summed E-state index contributed by atoms with van der Waals surface area (Å²) >= 11 is 0. The van der Waals surface area contributed by atoms with Gasteiger partial charge in [-0.25, -0.2) is 14.0 Å². The van der Waals surface area contributed by atoms with Crippen molar-refractivity contribution < 1.29 is 22.7 Å². The van der Waals surface area contributed by atoms with E-state index < -0.39 is 21.9 Å². The number of rotatable bonds is 9. The van der Waals surface area contributed by atoms with E-state index in [-0.39, 0.29) is 6.54 Å². The summed E-state index contributed by atoms with van der Waals surface area (Å²) in [6, 6.07) is 22.0. The molecule has 0 saturated carbocycles. The first-order valence-corrected chi connectivity index (χ1v) is 16.8. The maximum absolute atomic E-state index is 12.6. The quantitative estimate of drug-likeness (QED) is 0.195. The second kappa shape index (κ2) is 12.7. The number of amides is 1. The third-order valence-electron chi connectivity index (χ3n) is 7.86. The van der Waals surface area contributed by atoms with E-state index in [0.717, 1.165) is 65.0 Å². The lowest BCUT2D eigenvalue weighted by atomic mass is 9.97. The van der Waals surface area contributed by atoms with E-state index in [1.54, 1.807) is 20.8 Å². The predicted molar refractivity (Wildman–Crippen MR) is 176 cm³/mol. The molecule has 0 spiro atoms. The van der Waals surface area contributed by atoms with Crippen LogP contribution in [0.4, 0.5) is 10.6 Å². The number of fused-ring (bicyclic) bond motifs is 2. The Bertz CT molecular complexity index is 1970. The summed E-state index contributed by atoms with van der Waals surface area (Å²) in [6.07, 6.45) is 0.798. The Morgan fingerprint density at radius 3 is 2.50 bits per heavy atom. The highest BCUT2D eigenvalue weighted by molar-refractivity contribution is 7.88. The predicted octanol–water partition coefficient (Wildman–Crippen LogP) is 5.35. The molecule has 13 heteroatoms. The fraction of sp³-hybridized carbons (Fsp3) is 0.364. The number of nitrogens with one attached hydrogen (secondary N) is 3. The molecule has 4 heterocycles. The summed E-state index contributed by atoms with van der Waals surface area (Å²) < 4.78 is 44.3. The average molecular weight is 646 g/mol. The molecule has 1 aliphatic heterocycles. The van der Waals surface area contributed by atoms with Gasteiger partial charge in [-0.3, -0.25) is 4.57 Å². The summed E-state index contributed by atoms with van der Waals surface area (Å²) in [5.41, 5.74) is 4.73. The van der Waals surface area contributed by atoms with E-state index in [1.807, 2.05) is 63.2 Å². The fourth-order valence-electron chi connectivity index (χ4n) is 5.77. The number of benzene rings is 2. The van der Waals surface area contributed by atoms with Gasteiger partial charge in [-0.15, -0.1) is 5.10 Å². The van der Waals surface area contributed by atoms with Crippen LogP contribution in [0.5, 0.6) is 0 Å². The summed E-state index contributed by atoms with van der Waals surface area (Å²) in [6.45, 7) is 8.93. The summed E-state index contributed by atoms with van der Waals surface area (Å²) in [5.74, 6) is 1.52. The van der Waals surface area contributed by atoms with Gasteiger partial charge in [-0.05, 0) is 75.9 Å². The Labute approximate surface area is 268 Å². The second-order valence-electron chi connectivity index (χ2n) is 12.4. The fourth-order valence-corrected chi connectivity index (χ4v) is 6.45. The van der Waals surface area contributed by atoms with Crippen LogP contribution in [0.25, 0.3) is 22.4 Å². The second-order valence-corrected chi connectivity index (χ2v) is 13.9. The molecule has 0 unspecified atom stereocenters. The smallest absolute Gasteiger partial charge is 0.422 e. The number of anilines is 1. The number of aryl methyl sites for hydroxylation is 1. The van der Waals surface area contributed by atoms with Crippen LogP contribution in [0, 0.1) is 6.92 Å². The molecular weight excluding hydrogens is 606 g/mol. The van der Waals surface area contributed by atoms with Gasteiger partial charge in [-0.2, -0.15) is 18.1 Å². The molecule has 12 nitrogen and oxygen atoms in total. The molecule has 0 atom stereocenters. The largest absolute Gasteiger partial charge is 0.443 e. The number of hydrogen-bond acceptors (Lipinski definition) is 8. The van der Waals surface area contributed by atoms with Gasteiger partial charge in [0.25, 0.3) is 5.95 Å². The molecule has 1 amide bonds. The lowest BCUT2D eigenvalue weighted by Crippen LogP contribution is -2.42. The normalized spacial score (nSPS) is 14.5. The third kappa shape index (κ3) is 7.01. The van der Waals surface area contributed by atoms with E-state index in [0.29, 0.717) is 24.2 Å². The van der Waals surface area contributed by atoms with Crippen LogP contribution in [0.1, 0.15) is 62.0 Å². The Balaban J connectivity index is 1.35. The molecule has 0 radical (unpaired) electrons. The molecule has 0 bridgehead atoms. The van der Waals surface area contributed by atoms with Crippen LogP contribution in [0.15, 0.2) is 66.7 Å². The number of carbonyl (C=O) groups excluding carboxylic acids is 1. The van der Waals surface area contributed by atoms with Gasteiger partial charge in [0.15, 0.2) is 5.82 Å². The van der Waals surface area contributed by atoms with Crippen molar-refractivity contribution in [2.75, 3.05) is 18.5 Å². The molecule has 3 aromatic heterocycles. The molecular formula is C33H39N7O5S. The summed E-state index contributed by atoms with van der Waals surface area (Å²) in [7, 11) is -4.17. The minimum atomic E-state index is -4.17. The van der Waals surface area contributed by atoms with Gasteiger partial charge in [0.05, 0.1) is 5.52 Å². The SMILES string of the molecule is Cc1cc2c(CNS(=O)(=O)NC(=O)OC(C)(C)C)cccc2n1-c1nc(NCc2ccccc2)c2ccc(C3CCOCC3)n2n1. The van der Waals surface area contributed by atoms with Crippen molar-refractivity contribution in [3.63, 3.8) is 0 Å². The third-order valence-corrected chi connectivity index (χ3v) is 8.82. The minimum Gasteiger partial charge on any atom is -0.443 e. The zero-order chi connectivity index (χ0) is 32.5. The molecule has 242 valence electrons. The van der Waals surface area contributed by atoms with Gasteiger partial charge < -0.3 is 14.8 Å². The Kier molecular flexibility index (Phi) is 8.73. The highest BCUT2D eigenvalue weighted by Gasteiger charge is 2.24. The molecule has 2 aromatic carbocycles. The van der Waals surface area contributed by atoms with Gasteiger partial charge in [0.1, 0.15) is 11.1 Å². The van der Waals surface area contributed by atoms with Gasteiger partial charge in [0.2, 0.25) is 0 Å². The lowest BCUT2D eigenvalue weighted by molar-refractivity contribution is 0.0569. The molecule has 3 N–H and O–H groups in total. The van der Waals surface area contributed by atoms with E-state index >= 15 is 0 Å². The zero-order valence-corrected chi connectivity index (χ0v) is 27.2. The standard InChI is InChI=1S/C33H39N7O5S/c1-22-19-26-25(21-35-46(42,43)38-32(41)45-33(2,3)4)11-8-12-28(26)39(22)31-36-30(34-20-23-9-6-5-7-10-23)29-14-13-27(40(29)37-31)24-15-17-44-18-16-24/h5-14,19,24,35H,15-18,20-21H2,1-4H3,(H,38,41)(H,34,36,37). The average Bonchev–Trinajstić information content (AvgIpc) is 3.59. The minimum absolute atomic E-state index is 0.0474. The number of nitrogens with zero attached hydrogens (tertiary/aromatic N) is 4. The Morgan fingerprint density at radius 1 is 1.00 bits per heavy atom. The maximum atomic E-state index is 12.6. The molecule has 0 aliphatic carbocycles. The van der Waals surface area contributed by atoms with Crippen LogP contribution >= 0.6 is 0 Å². The lowest BCUT2D eigenvalue weighted by Gasteiger charge is -2.22. The van der Waals surface area contributed by atoms with Crippen molar-refractivity contribution in [1.29, 1.82) is 0 Å². The van der Waals surface area contributed by atoms with Crippen molar-refractivity contribution in [3.05, 3.63) is 89.2 Å². The first-order chi connectivity index (χ1) is 22.0. The topological polar surface area (TPSA) is 141 Å². The van der Waals surface area contributed by atoms with Gasteiger partial charge in [-0.1, -0.05) is 42.5 Å². The van der Waals surface area contributed by atoms with E-state index in [9.17, 15) is 13.2 Å². The van der Waals surface area contributed by atoms with Crippen LogP contribution in [-0.4, -0.2) is 52.5 Å². The molecule has 1 saturated heterocycles. The number of ether oxygens (including phenoxy) is 2. The maximum Gasteiger partial charge on any atom is 0.422 e. The molecule has 46 heavy (non-hydrogen) atoms. The van der Waals surface area contributed by atoms with Crippen LogP contribution in [0.3, 0.4) is 0 Å². The number of hydrogen-bond donors (Lipinski definition) is 3. The highest BCUT2D eigenvalue weighted by Crippen LogP contribution is 2.32. The first-order valence-electron chi connectivity index (χ1n) is 15.3. The van der Waals surface area contributed by atoms with Crippen molar-refractivity contribution in [2.24, 2.45) is 0 Å². The molecule has 1 fully saturated rings. The summed E-state index contributed by atoms with van der Waals surface area (Å²) in [5, 5.41) is 9.44. The van der Waals surface area contributed by atoms with Gasteiger partial charge >= 0.3 is 16.3 Å². The van der Waals surface area contributed by atoms with Crippen LogP contribution in [-0.2, 0) is 32.8 Å². The van der Waals surface area contributed by atoms with Crippen molar-refractivity contribution in [1.82, 2.24) is 28.6 Å². The van der Waals surface area contributed by atoms with Crippen LogP contribution < -0.4 is 14.8 Å². The number of carbonyl (C=O) groups is 1. The zero-order valence-electron chi connectivity index (χ0n) is 26.4. The Morgan fingerprint density at radius 2 is 1.76 bits per heavy atom.